The molecule has 9 nitrogen and oxygen atoms in total. The molecule has 0 amide bonds. The van der Waals surface area contributed by atoms with Crippen LogP contribution in [0.1, 0.15) is 20.8 Å². The van der Waals surface area contributed by atoms with Crippen molar-refractivity contribution in [1.29, 1.82) is 0 Å². The van der Waals surface area contributed by atoms with Crippen LogP contribution in [0, 0.1) is 0 Å². The lowest BCUT2D eigenvalue weighted by Gasteiger charge is -1.89. The number of hydrogen-bond acceptors (Lipinski definition) is 6. The van der Waals surface area contributed by atoms with Crippen LogP contribution in [0.5, 0.6) is 0 Å². The molecule has 0 rings (SSSR count). The van der Waals surface area contributed by atoms with Gasteiger partial charge < -0.3 is 25.5 Å². The van der Waals surface area contributed by atoms with Gasteiger partial charge in [0.05, 0.1) is 0 Å². The molecule has 5 N–H and O–H groups in total. The summed E-state index contributed by atoms with van der Waals surface area (Å²) in [4.78, 5) is 37.8. The highest BCUT2D eigenvalue weighted by atomic mass is 16.4. The van der Waals surface area contributed by atoms with Gasteiger partial charge in [0.1, 0.15) is 12.2 Å². The third kappa shape index (κ3) is 23.7. The van der Waals surface area contributed by atoms with Crippen molar-refractivity contribution in [2.24, 2.45) is 0 Å². The molecule has 0 aliphatic carbocycles. The summed E-state index contributed by atoms with van der Waals surface area (Å²) >= 11 is 0. The Balaban J connectivity index is -0.000000187. The van der Waals surface area contributed by atoms with Gasteiger partial charge in [0.2, 0.25) is 5.78 Å². The number of aliphatic hydroxyl groups is 2. The number of carbonyl (C=O) groups excluding carboxylic acids is 1. The van der Waals surface area contributed by atoms with E-state index in [1.54, 1.807) is 0 Å². The van der Waals surface area contributed by atoms with E-state index in [4.69, 9.17) is 25.5 Å². The van der Waals surface area contributed by atoms with Crippen molar-refractivity contribution in [2.45, 2.75) is 33.0 Å². The highest BCUT2D eigenvalue weighted by Crippen LogP contribution is 1.73. The maximum Gasteiger partial charge on any atom is 0.371 e. The Morgan fingerprint density at radius 2 is 0.889 bits per heavy atom. The van der Waals surface area contributed by atoms with Gasteiger partial charge in [0, 0.05) is 6.92 Å². The molecule has 0 aliphatic heterocycles. The molecule has 0 heterocycles. The van der Waals surface area contributed by atoms with Gasteiger partial charge in [-0.3, -0.25) is 4.79 Å². The van der Waals surface area contributed by atoms with Gasteiger partial charge in [-0.2, -0.15) is 0 Å². The summed E-state index contributed by atoms with van der Waals surface area (Å²) in [5, 5.41) is 39.2. The molecule has 2 unspecified atom stereocenters. The minimum Gasteiger partial charge on any atom is -0.479 e. The lowest BCUT2D eigenvalue weighted by Crippen LogP contribution is -2.13. The number of aliphatic hydroxyl groups excluding tert-OH is 2. The van der Waals surface area contributed by atoms with E-state index in [0.717, 1.165) is 6.92 Å². The number of hydrogen-bond donors (Lipinski definition) is 5. The molecule has 2 atom stereocenters. The Morgan fingerprint density at radius 1 is 0.778 bits per heavy atom. The largest absolute Gasteiger partial charge is 0.479 e. The van der Waals surface area contributed by atoms with Crippen LogP contribution in [-0.4, -0.2) is 61.4 Å². The third-order valence-corrected chi connectivity index (χ3v) is 1.02. The lowest BCUT2D eigenvalue weighted by atomic mass is 10.4. The van der Waals surface area contributed by atoms with Crippen LogP contribution >= 0.6 is 0 Å². The first-order valence-electron chi connectivity index (χ1n) is 4.49. The lowest BCUT2D eigenvalue weighted by molar-refractivity contribution is -0.148. The summed E-state index contributed by atoms with van der Waals surface area (Å²) in [5.74, 6) is -4.57. The molecule has 0 aromatic heterocycles. The van der Waals surface area contributed by atoms with Crippen LogP contribution in [0.4, 0.5) is 0 Å². The van der Waals surface area contributed by atoms with Crippen molar-refractivity contribution in [2.75, 3.05) is 0 Å². The normalized spacial score (nSPS) is 11.6. The van der Waals surface area contributed by atoms with E-state index in [-0.39, 0.29) is 0 Å². The molecular formula is C9H16O9. The van der Waals surface area contributed by atoms with Crippen molar-refractivity contribution < 1.29 is 44.7 Å². The number of Topliss-reactive ketones (excluding diaryl/α,β-unsaturated/α-hetero) is 1. The molecule has 0 radical (unpaired) electrons. The number of rotatable bonds is 3. The predicted molar refractivity (Wildman–Crippen MR) is 57.0 cm³/mol. The van der Waals surface area contributed by atoms with Crippen molar-refractivity contribution in [3.8, 4) is 0 Å². The molecule has 106 valence electrons. The van der Waals surface area contributed by atoms with Crippen LogP contribution in [-0.2, 0) is 19.2 Å². The number of ketones is 1. The second-order valence-electron chi connectivity index (χ2n) is 2.89. The van der Waals surface area contributed by atoms with E-state index < -0.39 is 35.9 Å². The van der Waals surface area contributed by atoms with E-state index >= 15 is 0 Å². The number of carboxylic acid groups (broad SMARTS) is 3. The van der Waals surface area contributed by atoms with Gasteiger partial charge in [-0.25, -0.2) is 14.4 Å². The van der Waals surface area contributed by atoms with E-state index in [1.807, 2.05) is 0 Å². The first kappa shape index (κ1) is 21.3. The first-order chi connectivity index (χ1) is 7.93. The molecular weight excluding hydrogens is 252 g/mol. The number of aliphatic carboxylic acids is 3. The van der Waals surface area contributed by atoms with E-state index in [1.165, 1.54) is 13.8 Å². The van der Waals surface area contributed by atoms with Crippen LogP contribution in [0.3, 0.4) is 0 Å². The molecule has 0 bridgehead atoms. The summed E-state index contributed by atoms with van der Waals surface area (Å²) in [5.41, 5.74) is 0. The van der Waals surface area contributed by atoms with Crippen molar-refractivity contribution >= 4 is 23.7 Å². The van der Waals surface area contributed by atoms with Crippen LogP contribution in [0.2, 0.25) is 0 Å². The third-order valence-electron chi connectivity index (χ3n) is 1.02. The van der Waals surface area contributed by atoms with Gasteiger partial charge in [0.25, 0.3) is 0 Å². The van der Waals surface area contributed by atoms with Gasteiger partial charge in [0.15, 0.2) is 0 Å². The summed E-state index contributed by atoms with van der Waals surface area (Å²) in [7, 11) is 0. The molecule has 9 heteroatoms. The average Bonchev–Trinajstić information content (AvgIpc) is 2.18. The molecule has 0 aliphatic rings. The Labute approximate surface area is 102 Å². The minimum atomic E-state index is -1.38. The average molecular weight is 268 g/mol. The fourth-order valence-corrected chi connectivity index (χ4v) is 0. The zero-order valence-corrected chi connectivity index (χ0v) is 10.0. The van der Waals surface area contributed by atoms with Crippen molar-refractivity contribution in [3.05, 3.63) is 0 Å². The van der Waals surface area contributed by atoms with Gasteiger partial charge >= 0.3 is 17.9 Å². The minimum absolute atomic E-state index is 0.824. The second-order valence-corrected chi connectivity index (χ2v) is 2.89. The molecule has 0 fully saturated rings. The fourth-order valence-electron chi connectivity index (χ4n) is 0. The van der Waals surface area contributed by atoms with E-state index in [0.29, 0.717) is 0 Å². The SMILES string of the molecule is CC(=O)C(=O)O.CC(O)C(=O)O.CC(O)C(=O)O. The fraction of sp³-hybridized carbons (Fsp3) is 0.556. The summed E-state index contributed by atoms with van der Waals surface area (Å²) < 4.78 is 0. The second kappa shape index (κ2) is 11.5. The molecule has 0 saturated heterocycles. The molecule has 0 spiro atoms. The van der Waals surface area contributed by atoms with Gasteiger partial charge in [-0.05, 0) is 13.8 Å². The van der Waals surface area contributed by atoms with Crippen molar-refractivity contribution in [3.63, 3.8) is 0 Å². The van der Waals surface area contributed by atoms with Crippen molar-refractivity contribution in [1.82, 2.24) is 0 Å². The van der Waals surface area contributed by atoms with E-state index in [2.05, 4.69) is 0 Å². The standard InChI is InChI=1S/2C3H6O3.C3H4O3/c3*1-2(4)3(5)6/h2*2,4H,1H3,(H,5,6);1H3,(H,5,6). The van der Waals surface area contributed by atoms with E-state index in [9.17, 15) is 19.2 Å². The molecule has 18 heavy (non-hydrogen) atoms. The molecule has 0 aromatic rings. The van der Waals surface area contributed by atoms with Gasteiger partial charge in [-0.15, -0.1) is 0 Å². The Kier molecular flexibility index (Phi) is 13.6. The van der Waals surface area contributed by atoms with Crippen LogP contribution in [0.25, 0.3) is 0 Å². The smallest absolute Gasteiger partial charge is 0.371 e. The van der Waals surface area contributed by atoms with Gasteiger partial charge in [-0.1, -0.05) is 0 Å². The highest BCUT2D eigenvalue weighted by Gasteiger charge is 2.02. The maximum absolute atomic E-state index is 9.54. The maximum atomic E-state index is 9.54. The molecule has 0 aromatic carbocycles. The molecule has 0 saturated carbocycles. The zero-order chi connectivity index (χ0) is 15.5. The predicted octanol–water partition coefficient (Wildman–Crippen LogP) is -1.44. The first-order valence-corrected chi connectivity index (χ1v) is 4.49. The van der Waals surface area contributed by atoms with Crippen LogP contribution < -0.4 is 0 Å². The highest BCUT2D eigenvalue weighted by molar-refractivity contribution is 6.31. The number of carboxylic acids is 3. The summed E-state index contributed by atoms with van der Waals surface area (Å²) in [6, 6.07) is 0. The monoisotopic (exact) mass is 268 g/mol. The Bertz CT molecular complexity index is 262. The zero-order valence-electron chi connectivity index (χ0n) is 10.0. The Morgan fingerprint density at radius 3 is 0.889 bits per heavy atom. The summed E-state index contributed by atoms with van der Waals surface area (Å²) in [6.07, 6.45) is -2.46. The Hall–Kier alpha value is -2.00. The number of carbonyl (C=O) groups is 4. The van der Waals surface area contributed by atoms with Crippen LogP contribution in [0.15, 0.2) is 0 Å². The topological polar surface area (TPSA) is 169 Å². The quantitative estimate of drug-likeness (QED) is 0.385. The summed E-state index contributed by atoms with van der Waals surface area (Å²) in [6.45, 7) is 3.40.